The molecule has 0 aliphatic carbocycles. The molecule has 0 saturated carbocycles. The summed E-state index contributed by atoms with van der Waals surface area (Å²) in [6.45, 7) is -2.12. The van der Waals surface area contributed by atoms with E-state index in [0.29, 0.717) is 0 Å². The predicted octanol–water partition coefficient (Wildman–Crippen LogP) is -0.840. The molecule has 2 N–H and O–H groups in total. The molecule has 0 aliphatic rings. The summed E-state index contributed by atoms with van der Waals surface area (Å²) in [5.74, 6) is -1.97. The summed E-state index contributed by atoms with van der Waals surface area (Å²) in [6, 6.07) is 0. The lowest BCUT2D eigenvalue weighted by atomic mass is 10.2. The van der Waals surface area contributed by atoms with Gasteiger partial charge in [-0.3, -0.25) is 0 Å². The number of hydrogen-bond acceptors (Lipinski definition) is 8. The van der Waals surface area contributed by atoms with E-state index in [2.05, 4.69) is 35.4 Å². The molecule has 8 nitrogen and oxygen atoms in total. The zero-order chi connectivity index (χ0) is 15.5. The number of esters is 2. The zero-order valence-corrected chi connectivity index (χ0v) is 12.2. The number of alkyl halides is 2. The summed E-state index contributed by atoms with van der Waals surface area (Å²) in [6.07, 6.45) is -2.51. The number of aliphatic hydroxyl groups excluding tert-OH is 2. The summed E-state index contributed by atoms with van der Waals surface area (Å²) in [4.78, 5) is 25.2. The number of aliphatic hydroxyl groups is 2. The fourth-order valence-electron chi connectivity index (χ4n) is 1.04. The molecule has 0 bridgehead atoms. The van der Waals surface area contributed by atoms with Crippen molar-refractivity contribution >= 4 is 34.1 Å². The van der Waals surface area contributed by atoms with E-state index in [1.54, 1.807) is 0 Å². The van der Waals surface area contributed by atoms with Gasteiger partial charge in [0, 0.05) is 0 Å². The van der Waals surface area contributed by atoms with E-state index in [1.165, 1.54) is 7.11 Å². The van der Waals surface area contributed by atoms with Gasteiger partial charge in [-0.25, -0.2) is 14.0 Å². The van der Waals surface area contributed by atoms with Crippen LogP contribution in [-0.4, -0.2) is 72.4 Å². The summed E-state index contributed by atoms with van der Waals surface area (Å²) >= 11 is 2.99. The van der Waals surface area contributed by atoms with Gasteiger partial charge in [-0.2, -0.15) is 0 Å². The van der Waals surface area contributed by atoms with Crippen molar-refractivity contribution in [3.8, 4) is 0 Å². The normalized spacial score (nSPS) is 15.4. The third kappa shape index (κ3) is 7.36. The largest absolute Gasteiger partial charge is 0.463 e. The molecule has 10 heteroatoms. The molecule has 0 amide bonds. The van der Waals surface area contributed by atoms with Crippen molar-refractivity contribution in [1.82, 2.24) is 0 Å². The van der Waals surface area contributed by atoms with Gasteiger partial charge >= 0.3 is 11.9 Å². The van der Waals surface area contributed by atoms with Crippen LogP contribution in [0.1, 0.15) is 0 Å². The molecule has 0 fully saturated rings. The lowest BCUT2D eigenvalue weighted by Gasteiger charge is -2.23. The highest BCUT2D eigenvalue weighted by atomic mass is 79.9. The Bertz CT molecular complexity index is 342. The average Bonchev–Trinajstić information content (AvgIpc) is 2.46. The van der Waals surface area contributed by atoms with Gasteiger partial charge in [-0.05, 0) is 0 Å². The molecule has 0 radical (unpaired) electrons. The molecule has 0 aliphatic heterocycles. The quantitative estimate of drug-likeness (QED) is 0.238. The second-order valence-electron chi connectivity index (χ2n) is 3.35. The monoisotopic (exact) mass is 359 g/mol. The van der Waals surface area contributed by atoms with Crippen LogP contribution < -0.4 is 0 Å². The van der Waals surface area contributed by atoms with Crippen molar-refractivity contribution in [2.75, 3.05) is 26.9 Å². The summed E-state index contributed by atoms with van der Waals surface area (Å²) in [7, 11) is 1.20. The van der Waals surface area contributed by atoms with Gasteiger partial charge in [0.05, 0.1) is 11.0 Å². The maximum atomic E-state index is 13.8. The van der Waals surface area contributed by atoms with Gasteiger partial charge in [0.2, 0.25) is 0 Å². The first kappa shape index (κ1) is 18.7. The fourth-order valence-corrected chi connectivity index (χ4v) is 1.58. The standard InChI is InChI=1S/C10H15BrFNO7/c1-18-13-2-7(12)10(20-9(17)4-15)6(11)5-19-8(16)3-14/h2,6-7,10,14-15H,3-5H2,1H3/b13-2-/t6-,7+,10+/m0/s1. The number of carbonyl (C=O) groups excluding carboxylic acids is 2. The van der Waals surface area contributed by atoms with Crippen LogP contribution in [0.4, 0.5) is 4.39 Å². The summed E-state index contributed by atoms with van der Waals surface area (Å²) in [5, 5.41) is 20.3. The molecular formula is C10H15BrFNO7. The number of oxime groups is 1. The fraction of sp³-hybridized carbons (Fsp3) is 0.700. The molecule has 0 unspecified atom stereocenters. The number of nitrogens with zero attached hydrogens (tertiary/aromatic N) is 1. The second-order valence-corrected chi connectivity index (χ2v) is 4.53. The third-order valence-electron chi connectivity index (χ3n) is 1.91. The van der Waals surface area contributed by atoms with Crippen LogP contribution in [0.2, 0.25) is 0 Å². The van der Waals surface area contributed by atoms with Crippen LogP contribution in [0.3, 0.4) is 0 Å². The minimum atomic E-state index is -1.86. The smallest absolute Gasteiger partial charge is 0.332 e. The number of hydrogen-bond donors (Lipinski definition) is 2. The van der Waals surface area contributed by atoms with E-state index in [9.17, 15) is 14.0 Å². The first-order chi connectivity index (χ1) is 9.46. The van der Waals surface area contributed by atoms with Crippen LogP contribution in [0, 0.1) is 0 Å². The summed E-state index contributed by atoms with van der Waals surface area (Å²) < 4.78 is 23.0. The average molecular weight is 360 g/mol. The lowest BCUT2D eigenvalue weighted by molar-refractivity contribution is -0.156. The molecule has 0 aromatic rings. The lowest BCUT2D eigenvalue weighted by Crippen LogP contribution is -2.40. The van der Waals surface area contributed by atoms with Crippen molar-refractivity contribution < 1.29 is 38.5 Å². The van der Waals surface area contributed by atoms with E-state index >= 15 is 0 Å². The maximum Gasteiger partial charge on any atom is 0.332 e. The Labute approximate surface area is 122 Å². The molecule has 0 aromatic carbocycles. The Kier molecular flexibility index (Phi) is 9.86. The Morgan fingerprint density at radius 3 is 2.45 bits per heavy atom. The van der Waals surface area contributed by atoms with Gasteiger partial charge in [0.15, 0.2) is 12.3 Å². The maximum absolute atomic E-state index is 13.8. The van der Waals surface area contributed by atoms with Gasteiger partial charge in [0.1, 0.15) is 26.9 Å². The molecule has 0 aromatic heterocycles. The first-order valence-electron chi connectivity index (χ1n) is 5.37. The van der Waals surface area contributed by atoms with Crippen molar-refractivity contribution in [3.05, 3.63) is 0 Å². The highest BCUT2D eigenvalue weighted by Crippen LogP contribution is 2.16. The van der Waals surface area contributed by atoms with Crippen molar-refractivity contribution in [1.29, 1.82) is 0 Å². The van der Waals surface area contributed by atoms with Crippen molar-refractivity contribution in [2.24, 2.45) is 5.16 Å². The minimum Gasteiger partial charge on any atom is -0.463 e. The van der Waals surface area contributed by atoms with E-state index < -0.39 is 42.3 Å². The van der Waals surface area contributed by atoms with Gasteiger partial charge < -0.3 is 24.5 Å². The van der Waals surface area contributed by atoms with E-state index in [-0.39, 0.29) is 6.61 Å². The molecule has 20 heavy (non-hydrogen) atoms. The Hall–Kier alpha value is -1.26. The first-order valence-corrected chi connectivity index (χ1v) is 6.29. The minimum absolute atomic E-state index is 0.357. The van der Waals surface area contributed by atoms with Gasteiger partial charge in [-0.15, -0.1) is 0 Å². The Balaban J connectivity index is 4.68. The molecular weight excluding hydrogens is 345 g/mol. The number of carbonyl (C=O) groups is 2. The van der Waals surface area contributed by atoms with Crippen molar-refractivity contribution in [2.45, 2.75) is 17.1 Å². The Morgan fingerprint density at radius 2 is 1.95 bits per heavy atom. The molecule has 3 atom stereocenters. The number of rotatable bonds is 9. The highest BCUT2D eigenvalue weighted by Gasteiger charge is 2.32. The van der Waals surface area contributed by atoms with Crippen molar-refractivity contribution in [3.63, 3.8) is 0 Å². The van der Waals surface area contributed by atoms with Crippen LogP contribution in [0.15, 0.2) is 5.16 Å². The molecule has 0 heterocycles. The molecule has 116 valence electrons. The molecule has 0 spiro atoms. The third-order valence-corrected chi connectivity index (χ3v) is 2.69. The predicted molar refractivity (Wildman–Crippen MR) is 68.1 cm³/mol. The molecule has 0 rings (SSSR count). The second kappa shape index (κ2) is 10.5. The van der Waals surface area contributed by atoms with E-state index in [1.807, 2.05) is 0 Å². The number of halogens is 2. The van der Waals surface area contributed by atoms with Crippen LogP contribution in [0.5, 0.6) is 0 Å². The van der Waals surface area contributed by atoms with Gasteiger partial charge in [-0.1, -0.05) is 21.1 Å². The SMILES string of the molecule is CO/N=C\[C@@H](F)[C@H](OC(=O)CO)[C@@H](Br)COC(=O)CO. The number of ether oxygens (including phenoxy) is 2. The Morgan fingerprint density at radius 1 is 1.35 bits per heavy atom. The van der Waals surface area contributed by atoms with Gasteiger partial charge in [0.25, 0.3) is 0 Å². The van der Waals surface area contributed by atoms with Crippen LogP contribution in [0.25, 0.3) is 0 Å². The molecule has 0 saturated heterocycles. The van der Waals surface area contributed by atoms with E-state index in [4.69, 9.17) is 10.2 Å². The van der Waals surface area contributed by atoms with Crippen LogP contribution in [-0.2, 0) is 23.9 Å². The topological polar surface area (TPSA) is 115 Å². The van der Waals surface area contributed by atoms with E-state index in [0.717, 1.165) is 6.21 Å². The highest BCUT2D eigenvalue weighted by molar-refractivity contribution is 9.09. The van der Waals surface area contributed by atoms with Crippen LogP contribution >= 0.6 is 15.9 Å². The summed E-state index contributed by atoms with van der Waals surface area (Å²) in [5.41, 5.74) is 0. The zero-order valence-electron chi connectivity index (χ0n) is 10.6.